The molecule has 0 aliphatic carbocycles. The number of hydrogen-bond donors (Lipinski definition) is 2. The van der Waals surface area contributed by atoms with Crippen LogP contribution in [0.5, 0.6) is 0 Å². The van der Waals surface area contributed by atoms with E-state index in [9.17, 15) is 4.79 Å². The van der Waals surface area contributed by atoms with Gasteiger partial charge in [0.15, 0.2) is 0 Å². The fraction of sp³-hybridized carbons (Fsp3) is 0.125. The Hall–Kier alpha value is -3.73. The minimum absolute atomic E-state index is 0.199. The average molecular weight is 382 g/mol. The van der Waals surface area contributed by atoms with Gasteiger partial charge in [0.25, 0.3) is 5.91 Å². The van der Waals surface area contributed by atoms with Crippen LogP contribution in [0.2, 0.25) is 0 Å². The van der Waals surface area contributed by atoms with Gasteiger partial charge in [-0.15, -0.1) is 0 Å². The van der Waals surface area contributed by atoms with Crippen LogP contribution in [0.3, 0.4) is 0 Å². The number of pyridine rings is 2. The molecule has 0 saturated carbocycles. The summed E-state index contributed by atoms with van der Waals surface area (Å²) in [6.45, 7) is 2.02. The zero-order valence-corrected chi connectivity index (χ0v) is 16.2. The summed E-state index contributed by atoms with van der Waals surface area (Å²) >= 11 is 0. The Kier molecular flexibility index (Phi) is 5.20. The second-order valence-corrected chi connectivity index (χ2v) is 6.82. The molecular formula is C24H22N4O. The van der Waals surface area contributed by atoms with Gasteiger partial charge in [-0.25, -0.2) is 4.98 Å². The molecule has 0 aliphatic heterocycles. The number of nitrogen functional groups attached to an aromatic ring is 1. The molecule has 5 heteroatoms. The first kappa shape index (κ1) is 18.6. The zero-order valence-electron chi connectivity index (χ0n) is 16.2. The standard InChI is InChI=1S/C24H22N4O/c1-2-18(20-14-8-9-15-26-20)28-24(29)21-17-12-6-7-13-19(17)27-23(22(21)25)16-10-4-3-5-11-16/h3-15,18H,2,25H2,1H3,(H,28,29). The van der Waals surface area contributed by atoms with E-state index in [0.29, 0.717) is 16.9 Å². The second kappa shape index (κ2) is 8.10. The molecular weight excluding hydrogens is 360 g/mol. The van der Waals surface area contributed by atoms with Crippen molar-refractivity contribution in [3.8, 4) is 11.3 Å². The minimum atomic E-state index is -0.226. The van der Waals surface area contributed by atoms with E-state index in [1.165, 1.54) is 0 Å². The van der Waals surface area contributed by atoms with Gasteiger partial charge in [-0.2, -0.15) is 0 Å². The number of carbonyl (C=O) groups is 1. The summed E-state index contributed by atoms with van der Waals surface area (Å²) in [6.07, 6.45) is 2.45. The molecule has 0 radical (unpaired) electrons. The van der Waals surface area contributed by atoms with Crippen molar-refractivity contribution in [3.05, 3.63) is 90.3 Å². The topological polar surface area (TPSA) is 80.9 Å². The van der Waals surface area contributed by atoms with E-state index >= 15 is 0 Å². The van der Waals surface area contributed by atoms with Crippen LogP contribution in [0, 0.1) is 0 Å². The third-order valence-corrected chi connectivity index (χ3v) is 4.96. The highest BCUT2D eigenvalue weighted by Gasteiger charge is 2.22. The molecule has 0 aliphatic rings. The average Bonchev–Trinajstić information content (AvgIpc) is 2.78. The van der Waals surface area contributed by atoms with Gasteiger partial charge < -0.3 is 11.1 Å². The zero-order chi connectivity index (χ0) is 20.2. The number of hydrogen-bond acceptors (Lipinski definition) is 4. The van der Waals surface area contributed by atoms with Crippen LogP contribution < -0.4 is 11.1 Å². The van der Waals surface area contributed by atoms with Crippen LogP contribution >= 0.6 is 0 Å². The Morgan fingerprint density at radius 3 is 2.45 bits per heavy atom. The molecule has 1 amide bonds. The summed E-state index contributed by atoms with van der Waals surface area (Å²) in [5, 5.41) is 3.84. The molecule has 2 heterocycles. The van der Waals surface area contributed by atoms with E-state index in [4.69, 9.17) is 10.7 Å². The lowest BCUT2D eigenvalue weighted by Crippen LogP contribution is -2.29. The maximum Gasteiger partial charge on any atom is 0.254 e. The molecule has 0 saturated heterocycles. The third-order valence-electron chi connectivity index (χ3n) is 4.96. The molecule has 4 aromatic rings. The summed E-state index contributed by atoms with van der Waals surface area (Å²) in [5.74, 6) is -0.226. The number of anilines is 1. The van der Waals surface area contributed by atoms with Crippen LogP contribution in [0.15, 0.2) is 79.0 Å². The van der Waals surface area contributed by atoms with Crippen molar-refractivity contribution in [1.82, 2.24) is 15.3 Å². The Balaban J connectivity index is 1.82. The maximum atomic E-state index is 13.4. The van der Waals surface area contributed by atoms with Gasteiger partial charge >= 0.3 is 0 Å². The highest BCUT2D eigenvalue weighted by atomic mass is 16.1. The number of carbonyl (C=O) groups excluding carboxylic acids is 1. The maximum absolute atomic E-state index is 13.4. The first-order chi connectivity index (χ1) is 14.2. The Morgan fingerprint density at radius 2 is 1.72 bits per heavy atom. The first-order valence-corrected chi connectivity index (χ1v) is 9.64. The molecule has 2 aromatic carbocycles. The number of aromatic nitrogens is 2. The van der Waals surface area contributed by atoms with Crippen LogP contribution in [0.1, 0.15) is 35.4 Å². The smallest absolute Gasteiger partial charge is 0.254 e. The molecule has 1 unspecified atom stereocenters. The van der Waals surface area contributed by atoms with Crippen molar-refractivity contribution < 1.29 is 4.79 Å². The molecule has 0 bridgehead atoms. The van der Waals surface area contributed by atoms with E-state index in [0.717, 1.165) is 28.6 Å². The van der Waals surface area contributed by atoms with Gasteiger partial charge in [0.1, 0.15) is 0 Å². The second-order valence-electron chi connectivity index (χ2n) is 6.82. The van der Waals surface area contributed by atoms with E-state index in [2.05, 4.69) is 10.3 Å². The molecule has 144 valence electrons. The number of nitrogens with two attached hydrogens (primary N) is 1. The Labute approximate surface area is 169 Å². The highest BCUT2D eigenvalue weighted by molar-refractivity contribution is 6.12. The Morgan fingerprint density at radius 1 is 1.00 bits per heavy atom. The number of nitrogens with zero attached hydrogens (tertiary/aromatic N) is 2. The quantitative estimate of drug-likeness (QED) is 0.521. The van der Waals surface area contributed by atoms with E-state index in [-0.39, 0.29) is 11.9 Å². The van der Waals surface area contributed by atoms with Crippen molar-refractivity contribution in [1.29, 1.82) is 0 Å². The summed E-state index contributed by atoms with van der Waals surface area (Å²) in [6, 6.07) is 22.7. The molecule has 4 rings (SSSR count). The number of benzene rings is 2. The van der Waals surface area contributed by atoms with E-state index in [1.54, 1.807) is 6.20 Å². The lowest BCUT2D eigenvalue weighted by atomic mass is 10.00. The summed E-state index contributed by atoms with van der Waals surface area (Å²) in [7, 11) is 0. The largest absolute Gasteiger partial charge is 0.396 e. The van der Waals surface area contributed by atoms with Crippen LogP contribution in [-0.2, 0) is 0 Å². The lowest BCUT2D eigenvalue weighted by molar-refractivity contribution is 0.0937. The lowest BCUT2D eigenvalue weighted by Gasteiger charge is -2.19. The van der Waals surface area contributed by atoms with Crippen LogP contribution in [0.25, 0.3) is 22.2 Å². The van der Waals surface area contributed by atoms with Crippen molar-refractivity contribution in [3.63, 3.8) is 0 Å². The Bertz CT molecular complexity index is 1140. The van der Waals surface area contributed by atoms with Gasteiger partial charge in [0.2, 0.25) is 0 Å². The number of para-hydroxylation sites is 1. The molecule has 29 heavy (non-hydrogen) atoms. The molecule has 0 spiro atoms. The first-order valence-electron chi connectivity index (χ1n) is 9.64. The van der Waals surface area contributed by atoms with Gasteiger partial charge in [-0.3, -0.25) is 9.78 Å². The predicted molar refractivity (Wildman–Crippen MR) is 116 cm³/mol. The van der Waals surface area contributed by atoms with Crippen molar-refractivity contribution in [2.75, 3.05) is 5.73 Å². The number of amides is 1. The van der Waals surface area contributed by atoms with Crippen molar-refractivity contribution in [2.45, 2.75) is 19.4 Å². The summed E-state index contributed by atoms with van der Waals surface area (Å²) < 4.78 is 0. The number of rotatable bonds is 5. The third kappa shape index (κ3) is 3.67. The molecule has 2 aromatic heterocycles. The molecule has 1 atom stereocenters. The fourth-order valence-corrected chi connectivity index (χ4v) is 3.49. The van der Waals surface area contributed by atoms with E-state index < -0.39 is 0 Å². The molecule has 3 N–H and O–H groups in total. The molecule has 0 fully saturated rings. The predicted octanol–water partition coefficient (Wildman–Crippen LogP) is 4.76. The van der Waals surface area contributed by atoms with Crippen molar-refractivity contribution in [2.24, 2.45) is 0 Å². The number of nitrogens with one attached hydrogen (secondary N) is 1. The van der Waals surface area contributed by atoms with Crippen LogP contribution in [-0.4, -0.2) is 15.9 Å². The van der Waals surface area contributed by atoms with Gasteiger partial charge in [0, 0.05) is 17.1 Å². The van der Waals surface area contributed by atoms with Gasteiger partial charge in [0.05, 0.1) is 34.2 Å². The SMILES string of the molecule is CCC(NC(=O)c1c(N)c(-c2ccccc2)nc2ccccc12)c1ccccn1. The summed E-state index contributed by atoms with van der Waals surface area (Å²) in [4.78, 5) is 22.5. The number of fused-ring (bicyclic) bond motifs is 1. The normalized spacial score (nSPS) is 11.9. The minimum Gasteiger partial charge on any atom is -0.396 e. The van der Waals surface area contributed by atoms with Gasteiger partial charge in [-0.1, -0.05) is 61.5 Å². The fourth-order valence-electron chi connectivity index (χ4n) is 3.49. The van der Waals surface area contributed by atoms with Gasteiger partial charge in [-0.05, 0) is 24.6 Å². The van der Waals surface area contributed by atoms with E-state index in [1.807, 2.05) is 79.7 Å². The molecule has 5 nitrogen and oxygen atoms in total. The van der Waals surface area contributed by atoms with Crippen LogP contribution in [0.4, 0.5) is 5.69 Å². The van der Waals surface area contributed by atoms with Crippen molar-refractivity contribution >= 4 is 22.5 Å². The highest BCUT2D eigenvalue weighted by Crippen LogP contribution is 2.32. The monoisotopic (exact) mass is 382 g/mol. The summed E-state index contributed by atoms with van der Waals surface area (Å²) in [5.41, 5.74) is 10.4.